The predicted molar refractivity (Wildman–Crippen MR) is 77.6 cm³/mol. The van der Waals surface area contributed by atoms with Gasteiger partial charge < -0.3 is 0 Å². The van der Waals surface area contributed by atoms with Crippen molar-refractivity contribution in [3.8, 4) is 0 Å². The van der Waals surface area contributed by atoms with Crippen LogP contribution in [0.1, 0.15) is 22.8 Å². The van der Waals surface area contributed by atoms with E-state index in [4.69, 9.17) is 23.2 Å². The molecule has 0 aliphatic carbocycles. The maximum atomic E-state index is 6.05. The molecule has 0 aliphatic rings. The number of hydrogen-bond acceptors (Lipinski definition) is 1. The second-order valence-corrected chi connectivity index (χ2v) is 5.80. The summed E-state index contributed by atoms with van der Waals surface area (Å²) in [6.45, 7) is 0. The lowest BCUT2D eigenvalue weighted by molar-refractivity contribution is 0.690. The molecule has 1 aromatic carbocycles. The van der Waals surface area contributed by atoms with Crippen LogP contribution in [0.25, 0.3) is 0 Å². The van der Waals surface area contributed by atoms with E-state index in [0.717, 1.165) is 17.9 Å². The van der Waals surface area contributed by atoms with Gasteiger partial charge in [-0.3, -0.25) is 0 Å². The van der Waals surface area contributed by atoms with Gasteiger partial charge in [-0.15, -0.1) is 22.9 Å². The summed E-state index contributed by atoms with van der Waals surface area (Å²) >= 11 is 13.9. The third-order valence-electron chi connectivity index (χ3n) is 2.83. The summed E-state index contributed by atoms with van der Waals surface area (Å²) < 4.78 is 0. The van der Waals surface area contributed by atoms with Crippen LogP contribution in [0.2, 0.25) is 5.02 Å². The molecule has 0 radical (unpaired) electrons. The Morgan fingerprint density at radius 2 is 2.06 bits per heavy atom. The van der Waals surface area contributed by atoms with Crippen LogP contribution in [-0.2, 0) is 6.42 Å². The van der Waals surface area contributed by atoms with Gasteiger partial charge in [-0.25, -0.2) is 0 Å². The summed E-state index contributed by atoms with van der Waals surface area (Å²) in [5.41, 5.74) is 1.24. The van der Waals surface area contributed by atoms with Crippen molar-refractivity contribution in [2.75, 3.05) is 5.88 Å². The summed E-state index contributed by atoms with van der Waals surface area (Å²) in [5.74, 6) is 1.03. The Hall–Kier alpha value is -0.500. The summed E-state index contributed by atoms with van der Waals surface area (Å²) in [7, 11) is 0. The van der Waals surface area contributed by atoms with E-state index in [1.54, 1.807) is 11.3 Å². The molecule has 0 bridgehead atoms. The molecule has 2 aromatic rings. The highest BCUT2D eigenvalue weighted by Gasteiger charge is 2.11. The second-order valence-electron chi connectivity index (χ2n) is 4.02. The smallest absolute Gasteiger partial charge is 0.0408 e. The molecule has 0 nitrogen and oxygen atoms in total. The first kappa shape index (κ1) is 12.9. The van der Waals surface area contributed by atoms with Gasteiger partial charge in [0, 0.05) is 15.8 Å². The first-order chi connectivity index (χ1) is 8.29. The zero-order valence-electron chi connectivity index (χ0n) is 9.40. The number of alkyl halides is 1. The number of hydrogen-bond donors (Lipinski definition) is 0. The topological polar surface area (TPSA) is 0 Å². The van der Waals surface area contributed by atoms with Crippen molar-refractivity contribution >= 4 is 34.5 Å². The molecule has 2 rings (SSSR count). The maximum Gasteiger partial charge on any atom is 0.0408 e. The first-order valence-electron chi connectivity index (χ1n) is 5.63. The lowest BCUT2D eigenvalue weighted by Gasteiger charge is -2.14. The molecule has 0 amide bonds. The monoisotopic (exact) mass is 284 g/mol. The van der Waals surface area contributed by atoms with Crippen LogP contribution < -0.4 is 0 Å². The molecule has 17 heavy (non-hydrogen) atoms. The van der Waals surface area contributed by atoms with Crippen LogP contribution >= 0.6 is 34.5 Å². The number of rotatable bonds is 5. The Morgan fingerprint density at radius 1 is 1.18 bits per heavy atom. The first-order valence-corrected chi connectivity index (χ1v) is 7.42. The lowest BCUT2D eigenvalue weighted by Crippen LogP contribution is -2.02. The summed E-state index contributed by atoms with van der Waals surface area (Å²) in [4.78, 5) is 1.42. The van der Waals surface area contributed by atoms with E-state index in [0.29, 0.717) is 11.8 Å². The molecule has 0 aliphatic heterocycles. The summed E-state index contributed by atoms with van der Waals surface area (Å²) in [6.07, 6.45) is 2.16. The fraction of sp³-hybridized carbons (Fsp3) is 0.286. The molecule has 0 N–H and O–H groups in total. The molecule has 0 fully saturated rings. The van der Waals surface area contributed by atoms with Gasteiger partial charge >= 0.3 is 0 Å². The molecular weight excluding hydrogens is 271 g/mol. The number of halogens is 2. The Bertz CT molecular complexity index is 451. The van der Waals surface area contributed by atoms with Gasteiger partial charge in [0.25, 0.3) is 0 Å². The zero-order chi connectivity index (χ0) is 12.1. The van der Waals surface area contributed by atoms with Crippen molar-refractivity contribution in [2.24, 2.45) is 0 Å². The normalized spacial score (nSPS) is 12.6. The standard InChI is InChI=1S/C14H14Cl2S/c15-10-12(6-7-14-5-2-8-17-14)11-3-1-4-13(16)9-11/h1-5,8-9,12H,6-7,10H2. The van der Waals surface area contributed by atoms with Crippen LogP contribution in [0, 0.1) is 0 Å². The highest BCUT2D eigenvalue weighted by atomic mass is 35.5. The minimum atomic E-state index is 0.387. The third kappa shape index (κ3) is 3.74. The molecule has 1 unspecified atom stereocenters. The van der Waals surface area contributed by atoms with E-state index < -0.39 is 0 Å². The average Bonchev–Trinajstić information content (AvgIpc) is 2.83. The Morgan fingerprint density at radius 3 is 2.71 bits per heavy atom. The van der Waals surface area contributed by atoms with Gasteiger partial charge in [0.2, 0.25) is 0 Å². The van der Waals surface area contributed by atoms with Crippen LogP contribution in [0.5, 0.6) is 0 Å². The SMILES string of the molecule is ClCC(CCc1cccs1)c1cccc(Cl)c1. The van der Waals surface area contributed by atoms with Crippen molar-refractivity contribution in [2.45, 2.75) is 18.8 Å². The third-order valence-corrected chi connectivity index (χ3v) is 4.37. The van der Waals surface area contributed by atoms with Gasteiger partial charge in [-0.05, 0) is 47.9 Å². The van der Waals surface area contributed by atoms with Crippen molar-refractivity contribution < 1.29 is 0 Å². The van der Waals surface area contributed by atoms with Crippen molar-refractivity contribution in [1.29, 1.82) is 0 Å². The molecule has 0 saturated heterocycles. The molecule has 3 heteroatoms. The maximum absolute atomic E-state index is 6.05. The van der Waals surface area contributed by atoms with Crippen LogP contribution in [0.15, 0.2) is 41.8 Å². The van der Waals surface area contributed by atoms with Gasteiger partial charge in [0.15, 0.2) is 0 Å². The van der Waals surface area contributed by atoms with Crippen molar-refractivity contribution in [3.05, 3.63) is 57.2 Å². The van der Waals surface area contributed by atoms with Crippen LogP contribution in [0.4, 0.5) is 0 Å². The summed E-state index contributed by atoms with van der Waals surface area (Å²) in [5, 5.41) is 2.90. The van der Waals surface area contributed by atoms with Gasteiger partial charge in [0.1, 0.15) is 0 Å². The summed E-state index contributed by atoms with van der Waals surface area (Å²) in [6, 6.07) is 12.3. The van der Waals surface area contributed by atoms with Crippen molar-refractivity contribution in [3.63, 3.8) is 0 Å². The molecule has 1 heterocycles. The molecular formula is C14H14Cl2S. The van der Waals surface area contributed by atoms with Gasteiger partial charge in [-0.1, -0.05) is 29.8 Å². The van der Waals surface area contributed by atoms with E-state index in [1.807, 2.05) is 18.2 Å². The van der Waals surface area contributed by atoms with Crippen LogP contribution in [0.3, 0.4) is 0 Å². The fourth-order valence-electron chi connectivity index (χ4n) is 1.86. The molecule has 90 valence electrons. The number of thiophene rings is 1. The largest absolute Gasteiger partial charge is 0.149 e. The van der Waals surface area contributed by atoms with E-state index in [9.17, 15) is 0 Å². The molecule has 1 atom stereocenters. The zero-order valence-corrected chi connectivity index (χ0v) is 11.7. The van der Waals surface area contributed by atoms with Crippen molar-refractivity contribution in [1.82, 2.24) is 0 Å². The van der Waals surface area contributed by atoms with Gasteiger partial charge in [-0.2, -0.15) is 0 Å². The lowest BCUT2D eigenvalue weighted by atomic mass is 9.96. The van der Waals surface area contributed by atoms with E-state index >= 15 is 0 Å². The molecule has 0 spiro atoms. The van der Waals surface area contributed by atoms with Gasteiger partial charge in [0.05, 0.1) is 0 Å². The minimum absolute atomic E-state index is 0.387. The minimum Gasteiger partial charge on any atom is -0.149 e. The second kappa shape index (κ2) is 6.44. The number of aryl methyl sites for hydroxylation is 1. The predicted octanol–water partition coefficient (Wildman–Crippen LogP) is 5.36. The van der Waals surface area contributed by atoms with E-state index in [1.165, 1.54) is 10.4 Å². The molecule has 1 aromatic heterocycles. The highest BCUT2D eigenvalue weighted by molar-refractivity contribution is 7.09. The quantitative estimate of drug-likeness (QED) is 0.649. The van der Waals surface area contributed by atoms with Crippen LogP contribution in [-0.4, -0.2) is 5.88 Å². The Labute approximate surface area is 116 Å². The highest BCUT2D eigenvalue weighted by Crippen LogP contribution is 2.26. The van der Waals surface area contributed by atoms with E-state index in [2.05, 4.69) is 23.6 Å². The Kier molecular flexibility index (Phi) is 4.90. The molecule has 0 saturated carbocycles. The Balaban J connectivity index is 2.01. The number of benzene rings is 1. The van der Waals surface area contributed by atoms with E-state index in [-0.39, 0.29) is 0 Å². The fourth-order valence-corrected chi connectivity index (χ4v) is 3.12. The average molecular weight is 285 g/mol.